The molecule has 0 radical (unpaired) electrons. The molecule has 3 aromatic rings. The van der Waals surface area contributed by atoms with E-state index in [0.717, 1.165) is 81.9 Å². The van der Waals surface area contributed by atoms with E-state index in [-0.39, 0.29) is 61.8 Å². The first-order valence-corrected chi connectivity index (χ1v) is 23.8. The van der Waals surface area contributed by atoms with Crippen molar-refractivity contribution < 1.29 is 29.0 Å². The van der Waals surface area contributed by atoms with Crippen molar-refractivity contribution in [1.82, 2.24) is 30.2 Å². The quantitative estimate of drug-likeness (QED) is 0.242. The maximum atomic E-state index is 14.3. The van der Waals surface area contributed by atoms with Crippen molar-refractivity contribution in [2.75, 3.05) is 57.1 Å². The highest BCUT2D eigenvalue weighted by Crippen LogP contribution is 2.46. The van der Waals surface area contributed by atoms with Gasteiger partial charge in [-0.1, -0.05) is 33.8 Å². The fourth-order valence-corrected chi connectivity index (χ4v) is 11.3. The van der Waals surface area contributed by atoms with Crippen LogP contribution < -0.4 is 15.6 Å². The first kappa shape index (κ1) is 43.2. The average Bonchev–Trinajstić information content (AvgIpc) is 4.13. The third-order valence-electron chi connectivity index (χ3n) is 14.5. The lowest BCUT2D eigenvalue weighted by Crippen LogP contribution is -2.67. The summed E-state index contributed by atoms with van der Waals surface area (Å²) < 4.78 is 14.4. The number of pyridine rings is 1. The van der Waals surface area contributed by atoms with E-state index < -0.39 is 29.1 Å². The van der Waals surface area contributed by atoms with Crippen LogP contribution in [0, 0.1) is 23.2 Å². The minimum Gasteiger partial charge on any atom is -0.462 e. The molecule has 0 spiro atoms. The van der Waals surface area contributed by atoms with Gasteiger partial charge in [0.15, 0.2) is 0 Å². The number of ether oxygens (including phenoxy) is 2. The first-order chi connectivity index (χ1) is 29.7. The number of cyclic esters (lactones) is 1. The number of aryl methyl sites for hydroxylation is 1. The van der Waals surface area contributed by atoms with Crippen molar-refractivity contribution in [2.45, 2.75) is 117 Å². The van der Waals surface area contributed by atoms with Crippen LogP contribution in [0.3, 0.4) is 0 Å². The van der Waals surface area contributed by atoms with Gasteiger partial charge in [0.1, 0.15) is 6.04 Å². The Morgan fingerprint density at radius 2 is 1.87 bits per heavy atom. The van der Waals surface area contributed by atoms with Crippen LogP contribution >= 0.6 is 11.8 Å². The Bertz CT molecular complexity index is 2260. The van der Waals surface area contributed by atoms with E-state index in [0.29, 0.717) is 25.1 Å². The van der Waals surface area contributed by atoms with E-state index >= 15 is 0 Å². The highest BCUT2D eigenvalue weighted by atomic mass is 32.2. The molecule has 3 N–H and O–H groups in total. The molecule has 7 atom stereocenters. The number of aliphatic imine (C=N–C) groups is 1. The van der Waals surface area contributed by atoms with E-state index in [9.17, 15) is 19.5 Å². The molecule has 334 valence electrons. The van der Waals surface area contributed by atoms with Crippen LogP contribution in [0.4, 0.5) is 5.69 Å². The van der Waals surface area contributed by atoms with E-state index in [1.807, 2.05) is 27.0 Å². The lowest BCUT2D eigenvalue weighted by atomic mass is 9.84. The summed E-state index contributed by atoms with van der Waals surface area (Å²) in [6.45, 7) is 17.5. The Kier molecular flexibility index (Phi) is 11.7. The molecule has 62 heavy (non-hydrogen) atoms. The molecule has 4 fully saturated rings. The number of rotatable bonds is 8. The van der Waals surface area contributed by atoms with Crippen molar-refractivity contribution in [3.8, 4) is 11.3 Å². The molecule has 2 aromatic heterocycles. The summed E-state index contributed by atoms with van der Waals surface area (Å²) in [4.78, 5) is 57.2. The summed E-state index contributed by atoms with van der Waals surface area (Å²) in [5.41, 5.74) is 7.48. The smallest absolute Gasteiger partial charge is 0.355 e. The van der Waals surface area contributed by atoms with Crippen LogP contribution in [0.5, 0.6) is 0 Å². The number of carbonyl (C=O) groups excluding carboxylic acids is 3. The highest BCUT2D eigenvalue weighted by molar-refractivity contribution is 8.14. The van der Waals surface area contributed by atoms with Crippen LogP contribution in [0.2, 0.25) is 0 Å². The second-order valence-electron chi connectivity index (χ2n) is 19.4. The lowest BCUT2D eigenvalue weighted by Gasteiger charge is -2.40. The van der Waals surface area contributed by atoms with Gasteiger partial charge in [-0.15, -0.1) is 11.8 Å². The molecule has 2 saturated heterocycles. The monoisotopic (exact) mass is 868 g/mol. The molecular weight excluding hydrogens is 805 g/mol. The number of esters is 1. The second-order valence-corrected chi connectivity index (χ2v) is 20.5. The van der Waals surface area contributed by atoms with Crippen LogP contribution in [0.1, 0.15) is 103 Å². The third-order valence-corrected chi connectivity index (χ3v) is 15.5. The number of hydrazine groups is 1. The molecule has 4 aliphatic heterocycles. The standard InChI is InChI=1S/C47H64N8O6S/c1-8-54-38-13-10-30-20-33(38)35(42(54)34-21-32(24-48-41(34)29(4)60-7)53-18-16-52(17-19-53)31-11-12-31)23-46(5,6)26-61-45(58)47(59)14-9-15-55(51-47)44(57)36(22-39-49-37(30)25-62-39)50-43(56)40-27(2)28(40)3/h10,13,20-21,24,27-29,31,36-37,40,51,59H,8-9,11-12,14-19,22-23,25-26H2,1-7H3,(H,50,56)/t27-,28+,29-,36-,37?,40?,47-/m0/s1. The number of thioether (sulfide) groups is 1. The molecule has 2 saturated carbocycles. The van der Waals surface area contributed by atoms with Crippen molar-refractivity contribution >= 4 is 51.2 Å². The number of amides is 2. The van der Waals surface area contributed by atoms with E-state index in [1.165, 1.54) is 17.9 Å². The van der Waals surface area contributed by atoms with Crippen LogP contribution in [-0.2, 0) is 36.8 Å². The molecule has 2 unspecified atom stereocenters. The van der Waals surface area contributed by atoms with E-state index in [4.69, 9.17) is 19.5 Å². The van der Waals surface area contributed by atoms with Crippen molar-refractivity contribution in [3.63, 3.8) is 0 Å². The van der Waals surface area contributed by atoms with Gasteiger partial charge >= 0.3 is 5.97 Å². The largest absolute Gasteiger partial charge is 0.462 e. The highest BCUT2D eigenvalue weighted by Gasteiger charge is 2.50. The third kappa shape index (κ3) is 8.28. The van der Waals surface area contributed by atoms with Gasteiger partial charge in [0.2, 0.25) is 11.6 Å². The minimum absolute atomic E-state index is 0.0238. The molecule has 15 heteroatoms. The normalized spacial score (nSPS) is 29.9. The number of nitrogens with one attached hydrogen (secondary N) is 2. The first-order valence-electron chi connectivity index (χ1n) is 22.8. The van der Waals surface area contributed by atoms with Gasteiger partial charge in [-0.3, -0.25) is 29.5 Å². The van der Waals surface area contributed by atoms with Crippen LogP contribution in [0.15, 0.2) is 35.5 Å². The van der Waals surface area contributed by atoms with Gasteiger partial charge in [-0.05, 0) is 80.7 Å². The van der Waals surface area contributed by atoms with Gasteiger partial charge < -0.3 is 29.4 Å². The molecule has 1 aromatic carbocycles. The maximum absolute atomic E-state index is 14.3. The van der Waals surface area contributed by atoms with Crippen molar-refractivity contribution in [1.29, 1.82) is 0 Å². The zero-order valence-electron chi connectivity index (χ0n) is 37.4. The molecule has 14 nitrogen and oxygen atoms in total. The Hall–Kier alpha value is -4.02. The fraction of sp³-hybridized carbons (Fsp3) is 0.638. The zero-order chi connectivity index (χ0) is 43.7. The molecule has 6 aliphatic rings. The van der Waals surface area contributed by atoms with Gasteiger partial charge in [0.25, 0.3) is 5.91 Å². The predicted octanol–water partition coefficient (Wildman–Crippen LogP) is 5.62. The van der Waals surface area contributed by atoms with Crippen molar-refractivity contribution in [3.05, 3.63) is 47.3 Å². The Balaban J connectivity index is 1.14. The molecular formula is C47H64N8O6S. The number of benzene rings is 1. The fourth-order valence-electron chi connectivity index (χ4n) is 10.2. The summed E-state index contributed by atoms with van der Waals surface area (Å²) in [5.74, 6) is -0.411. The zero-order valence-corrected chi connectivity index (χ0v) is 38.2. The van der Waals surface area contributed by atoms with Crippen LogP contribution in [0.25, 0.3) is 22.2 Å². The molecule has 6 bridgehead atoms. The molecule has 2 aliphatic carbocycles. The second kappa shape index (κ2) is 16.8. The average molecular weight is 869 g/mol. The van der Waals surface area contributed by atoms with Gasteiger partial charge in [-0.25, -0.2) is 4.79 Å². The molecule has 9 rings (SSSR count). The molecule has 2 amide bonds. The number of methoxy groups -OCH3 is 1. The topological polar surface area (TPSA) is 154 Å². The maximum Gasteiger partial charge on any atom is 0.355 e. The Morgan fingerprint density at radius 3 is 2.56 bits per heavy atom. The van der Waals surface area contributed by atoms with Crippen molar-refractivity contribution in [2.24, 2.45) is 28.2 Å². The summed E-state index contributed by atoms with van der Waals surface area (Å²) in [6, 6.07) is 8.64. The van der Waals surface area contributed by atoms with Crippen LogP contribution in [-0.4, -0.2) is 117 Å². The summed E-state index contributed by atoms with van der Waals surface area (Å²) >= 11 is 1.61. The van der Waals surface area contributed by atoms with Gasteiger partial charge in [0, 0.05) is 98.8 Å². The Labute approximate surface area is 369 Å². The number of aromatic nitrogens is 2. The number of hydrogen-bond donors (Lipinski definition) is 3. The minimum atomic E-state index is -2.12. The SMILES string of the molecule is CCn1c(-c2cc(N3CCN(C4CC4)CC3)cnc2[C@H](C)OC)c2c3cc(ccc31)C1CSC(=N1)C[C@H](NC(=O)C1[C@@H](C)[C@H]1C)C(=O)N1CCC[C@@](O)(N1)C(=O)OCC(C)(C)C2. The van der Waals surface area contributed by atoms with E-state index in [2.05, 4.69) is 70.1 Å². The number of aliphatic hydroxyl groups is 1. The number of anilines is 1. The summed E-state index contributed by atoms with van der Waals surface area (Å²) in [5, 5.41) is 18.0. The molecule has 6 heterocycles. The van der Waals surface area contributed by atoms with E-state index in [1.54, 1.807) is 18.9 Å². The number of hydrogen-bond acceptors (Lipinski definition) is 12. The van der Waals surface area contributed by atoms with Gasteiger partial charge in [-0.2, -0.15) is 5.43 Å². The number of fused-ring (bicyclic) bond motifs is 5. The van der Waals surface area contributed by atoms with Gasteiger partial charge in [0.05, 0.1) is 47.1 Å². The lowest BCUT2D eigenvalue weighted by molar-refractivity contribution is -0.189. The summed E-state index contributed by atoms with van der Waals surface area (Å²) in [6.07, 6.45) is 5.55. The summed E-state index contributed by atoms with van der Waals surface area (Å²) in [7, 11) is 1.73. The number of carbonyl (C=O) groups is 3. The Morgan fingerprint density at radius 1 is 1.11 bits per heavy atom. The predicted molar refractivity (Wildman–Crippen MR) is 242 cm³/mol. The number of piperazine rings is 1. The number of nitrogens with zero attached hydrogens (tertiary/aromatic N) is 6.